The van der Waals surface area contributed by atoms with Gasteiger partial charge in [0.25, 0.3) is 5.91 Å². The van der Waals surface area contributed by atoms with Gasteiger partial charge in [-0.3, -0.25) is 9.79 Å². The van der Waals surface area contributed by atoms with E-state index in [4.69, 9.17) is 5.73 Å². The van der Waals surface area contributed by atoms with Gasteiger partial charge in [0.1, 0.15) is 5.82 Å². The maximum atomic E-state index is 12.2. The summed E-state index contributed by atoms with van der Waals surface area (Å²) in [4.78, 5) is 24.9. The fourth-order valence-electron chi connectivity index (χ4n) is 2.34. The van der Waals surface area contributed by atoms with Crippen LogP contribution >= 0.6 is 0 Å². The van der Waals surface area contributed by atoms with Gasteiger partial charge in [0.15, 0.2) is 0 Å². The Morgan fingerprint density at radius 2 is 1.88 bits per heavy atom. The van der Waals surface area contributed by atoms with Gasteiger partial charge in [-0.2, -0.15) is 0 Å². The number of allylic oxidation sites excluding steroid dienone is 1. The lowest BCUT2D eigenvalue weighted by atomic mass is 10.1. The Hall–Kier alpha value is -3.02. The van der Waals surface area contributed by atoms with Crippen LogP contribution in [0.4, 0.5) is 0 Å². The zero-order valence-electron chi connectivity index (χ0n) is 14.1. The summed E-state index contributed by atoms with van der Waals surface area (Å²) in [5, 5.41) is 2.86. The van der Waals surface area contributed by atoms with Crippen molar-refractivity contribution in [1.82, 2.24) is 15.3 Å². The lowest BCUT2D eigenvalue weighted by Crippen LogP contribution is -2.23. The number of hydrogen-bond acceptors (Lipinski definition) is 5. The molecule has 6 heteroatoms. The molecule has 3 N–H and O–H groups in total. The lowest BCUT2D eigenvalue weighted by Gasteiger charge is -2.07. The second kappa shape index (κ2) is 8.01. The minimum Gasteiger partial charge on any atom is -0.405 e. The Morgan fingerprint density at radius 3 is 2.46 bits per heavy atom. The maximum absolute atomic E-state index is 12.2. The van der Waals surface area contributed by atoms with Crippen LogP contribution in [0, 0.1) is 13.8 Å². The van der Waals surface area contributed by atoms with Crippen molar-refractivity contribution >= 4 is 11.6 Å². The molecule has 6 nitrogen and oxygen atoms in total. The van der Waals surface area contributed by atoms with Crippen LogP contribution < -0.4 is 11.1 Å². The third-order valence-electron chi connectivity index (χ3n) is 3.39. The molecule has 0 saturated heterocycles. The molecule has 2 aromatic rings. The van der Waals surface area contributed by atoms with Crippen LogP contribution in [0.1, 0.15) is 33.1 Å². The van der Waals surface area contributed by atoms with E-state index >= 15 is 0 Å². The number of nitrogens with one attached hydrogen (secondary N) is 1. The SMILES string of the molecule is CN=C(/C=C\N)c1ccc(C(=O)NCc2cc(C)nc(C)n2)cc1. The Labute approximate surface area is 141 Å². The van der Waals surface area contributed by atoms with E-state index in [9.17, 15) is 4.79 Å². The van der Waals surface area contributed by atoms with Crippen molar-refractivity contribution in [2.75, 3.05) is 7.05 Å². The monoisotopic (exact) mass is 323 g/mol. The molecule has 0 fully saturated rings. The Balaban J connectivity index is 2.05. The van der Waals surface area contributed by atoms with Gasteiger partial charge in [-0.15, -0.1) is 0 Å². The molecular formula is C18H21N5O. The van der Waals surface area contributed by atoms with Crippen LogP contribution in [0.3, 0.4) is 0 Å². The highest BCUT2D eigenvalue weighted by molar-refractivity contribution is 6.09. The summed E-state index contributed by atoms with van der Waals surface area (Å²) >= 11 is 0. The van der Waals surface area contributed by atoms with Crippen molar-refractivity contribution in [3.05, 3.63) is 70.9 Å². The topological polar surface area (TPSA) is 93.3 Å². The molecule has 0 spiro atoms. The average molecular weight is 323 g/mol. The van der Waals surface area contributed by atoms with E-state index < -0.39 is 0 Å². The molecular weight excluding hydrogens is 302 g/mol. The smallest absolute Gasteiger partial charge is 0.251 e. The molecule has 1 aromatic heterocycles. The second-order valence-electron chi connectivity index (χ2n) is 5.28. The lowest BCUT2D eigenvalue weighted by molar-refractivity contribution is 0.0950. The van der Waals surface area contributed by atoms with Gasteiger partial charge in [-0.25, -0.2) is 9.97 Å². The number of aromatic nitrogens is 2. The van der Waals surface area contributed by atoms with Crippen molar-refractivity contribution in [2.24, 2.45) is 10.7 Å². The highest BCUT2D eigenvalue weighted by Gasteiger charge is 2.07. The molecule has 1 heterocycles. The van der Waals surface area contributed by atoms with Gasteiger partial charge < -0.3 is 11.1 Å². The summed E-state index contributed by atoms with van der Waals surface area (Å²) < 4.78 is 0. The number of aliphatic imine (C=N–C) groups is 1. The third kappa shape index (κ3) is 4.49. The molecule has 1 amide bonds. The van der Waals surface area contributed by atoms with Crippen LogP contribution in [-0.2, 0) is 6.54 Å². The van der Waals surface area contributed by atoms with Crippen LogP contribution in [0.2, 0.25) is 0 Å². The van der Waals surface area contributed by atoms with Crippen molar-refractivity contribution in [3.8, 4) is 0 Å². The molecule has 0 saturated carbocycles. The molecule has 0 aliphatic heterocycles. The van der Waals surface area contributed by atoms with Crippen LogP contribution in [0.5, 0.6) is 0 Å². The zero-order chi connectivity index (χ0) is 17.5. The quantitative estimate of drug-likeness (QED) is 0.822. The fourth-order valence-corrected chi connectivity index (χ4v) is 2.34. The Bertz CT molecular complexity index is 758. The van der Waals surface area contributed by atoms with Crippen LogP contribution in [-0.4, -0.2) is 28.6 Å². The predicted octanol–water partition coefficient (Wildman–Crippen LogP) is 1.91. The minimum atomic E-state index is -0.153. The first kappa shape index (κ1) is 17.3. The van der Waals surface area contributed by atoms with E-state index in [2.05, 4.69) is 20.3 Å². The average Bonchev–Trinajstić information content (AvgIpc) is 2.57. The van der Waals surface area contributed by atoms with Gasteiger partial charge in [0.2, 0.25) is 0 Å². The normalized spacial score (nSPS) is 11.7. The van der Waals surface area contributed by atoms with E-state index in [1.54, 1.807) is 25.3 Å². The summed E-state index contributed by atoms with van der Waals surface area (Å²) in [5.41, 5.74) is 9.31. The number of nitrogens with two attached hydrogens (primary N) is 1. The molecule has 0 bridgehead atoms. The summed E-state index contributed by atoms with van der Waals surface area (Å²) in [7, 11) is 1.70. The molecule has 0 radical (unpaired) electrons. The Kier molecular flexibility index (Phi) is 5.78. The van der Waals surface area contributed by atoms with Crippen molar-refractivity contribution in [3.63, 3.8) is 0 Å². The highest BCUT2D eigenvalue weighted by atomic mass is 16.1. The number of aryl methyl sites for hydroxylation is 2. The molecule has 24 heavy (non-hydrogen) atoms. The van der Waals surface area contributed by atoms with Gasteiger partial charge in [-0.1, -0.05) is 12.1 Å². The van der Waals surface area contributed by atoms with E-state index in [1.807, 2.05) is 32.0 Å². The third-order valence-corrected chi connectivity index (χ3v) is 3.39. The Morgan fingerprint density at radius 1 is 1.21 bits per heavy atom. The summed E-state index contributed by atoms with van der Waals surface area (Å²) in [6, 6.07) is 9.07. The van der Waals surface area contributed by atoms with Gasteiger partial charge in [0.05, 0.1) is 18.0 Å². The number of carbonyl (C=O) groups is 1. The molecule has 0 unspecified atom stereocenters. The fraction of sp³-hybridized carbons (Fsp3) is 0.222. The van der Waals surface area contributed by atoms with E-state index in [-0.39, 0.29) is 5.91 Å². The number of nitrogens with zero attached hydrogens (tertiary/aromatic N) is 3. The minimum absolute atomic E-state index is 0.153. The number of hydrogen-bond donors (Lipinski definition) is 2. The largest absolute Gasteiger partial charge is 0.405 e. The van der Waals surface area contributed by atoms with E-state index in [0.29, 0.717) is 17.9 Å². The number of amides is 1. The molecule has 0 aliphatic carbocycles. The molecule has 0 aliphatic rings. The van der Waals surface area contributed by atoms with Crippen molar-refractivity contribution in [1.29, 1.82) is 0 Å². The van der Waals surface area contributed by atoms with Gasteiger partial charge in [-0.05, 0) is 49.9 Å². The molecule has 1 aromatic carbocycles. The van der Waals surface area contributed by atoms with E-state index in [1.165, 1.54) is 6.20 Å². The standard InChI is InChI=1S/C18H21N5O/c1-12-10-16(23-13(2)22-12)11-21-18(24)15-6-4-14(5-7-15)17(20-3)8-9-19/h4-10H,11,19H2,1-3H3,(H,21,24)/b9-8-,20-17?. The predicted molar refractivity (Wildman–Crippen MR) is 94.9 cm³/mol. The van der Waals surface area contributed by atoms with Crippen LogP contribution in [0.25, 0.3) is 0 Å². The molecule has 0 atom stereocenters. The second-order valence-corrected chi connectivity index (χ2v) is 5.28. The molecule has 124 valence electrons. The first-order valence-electron chi connectivity index (χ1n) is 7.58. The molecule has 2 rings (SSSR count). The number of benzene rings is 1. The highest BCUT2D eigenvalue weighted by Crippen LogP contribution is 2.07. The summed E-state index contributed by atoms with van der Waals surface area (Å²) in [6.07, 6.45) is 3.16. The zero-order valence-corrected chi connectivity index (χ0v) is 14.1. The van der Waals surface area contributed by atoms with Gasteiger partial charge >= 0.3 is 0 Å². The first-order chi connectivity index (χ1) is 11.5. The van der Waals surface area contributed by atoms with E-state index in [0.717, 1.165) is 22.7 Å². The van der Waals surface area contributed by atoms with Crippen molar-refractivity contribution in [2.45, 2.75) is 20.4 Å². The first-order valence-corrected chi connectivity index (χ1v) is 7.58. The van der Waals surface area contributed by atoms with Crippen molar-refractivity contribution < 1.29 is 4.79 Å². The summed E-state index contributed by atoms with van der Waals surface area (Å²) in [6.45, 7) is 4.10. The van der Waals surface area contributed by atoms with Gasteiger partial charge in [0, 0.05) is 18.3 Å². The number of carbonyl (C=O) groups excluding carboxylic acids is 1. The van der Waals surface area contributed by atoms with Crippen LogP contribution in [0.15, 0.2) is 47.6 Å². The maximum Gasteiger partial charge on any atom is 0.251 e. The summed E-state index contributed by atoms with van der Waals surface area (Å²) in [5.74, 6) is 0.544. The number of rotatable bonds is 5.